The van der Waals surface area contributed by atoms with Crippen molar-refractivity contribution in [1.82, 2.24) is 0 Å². The van der Waals surface area contributed by atoms with Gasteiger partial charge in [-0.15, -0.1) is 11.3 Å². The van der Waals surface area contributed by atoms with E-state index in [9.17, 15) is 0 Å². The smallest absolute Gasteiger partial charge is 0.140 e. The minimum atomic E-state index is 0.525. The largest absolute Gasteiger partial charge is 0.486 e. The molecular weight excluding hydrogens is 218 g/mol. The molecule has 16 heavy (non-hydrogen) atoms. The van der Waals surface area contributed by atoms with Crippen LogP contribution in [0.2, 0.25) is 0 Å². The standard InChI is InChI=1S/C13H11NOS/c1-10-4-2-5-11(8-14)13(10)15-9-12-6-3-7-16-12/h2-7H,9H2,1H3. The molecule has 0 N–H and O–H groups in total. The molecule has 0 aliphatic rings. The first-order valence-electron chi connectivity index (χ1n) is 4.96. The lowest BCUT2D eigenvalue weighted by Gasteiger charge is -2.09. The molecule has 0 spiro atoms. The van der Waals surface area contributed by atoms with Gasteiger partial charge in [0.05, 0.1) is 5.56 Å². The van der Waals surface area contributed by atoms with E-state index in [-0.39, 0.29) is 0 Å². The van der Waals surface area contributed by atoms with Gasteiger partial charge in [0.1, 0.15) is 18.4 Å². The monoisotopic (exact) mass is 229 g/mol. The topological polar surface area (TPSA) is 33.0 Å². The third-order valence-corrected chi connectivity index (χ3v) is 3.12. The van der Waals surface area contributed by atoms with E-state index >= 15 is 0 Å². The van der Waals surface area contributed by atoms with Gasteiger partial charge in [0.15, 0.2) is 0 Å². The van der Waals surface area contributed by atoms with Gasteiger partial charge in [0, 0.05) is 4.88 Å². The first-order chi connectivity index (χ1) is 7.81. The van der Waals surface area contributed by atoms with E-state index in [0.29, 0.717) is 17.9 Å². The molecular formula is C13H11NOS. The van der Waals surface area contributed by atoms with E-state index in [0.717, 1.165) is 10.4 Å². The van der Waals surface area contributed by atoms with E-state index in [4.69, 9.17) is 10.00 Å². The Bertz CT molecular complexity index is 511. The highest BCUT2D eigenvalue weighted by Gasteiger charge is 2.06. The minimum absolute atomic E-state index is 0.525. The fraction of sp³-hybridized carbons (Fsp3) is 0.154. The molecule has 0 saturated heterocycles. The molecule has 1 aromatic heterocycles. The maximum absolute atomic E-state index is 8.97. The van der Waals surface area contributed by atoms with Gasteiger partial charge < -0.3 is 4.74 Å². The maximum atomic E-state index is 8.97. The number of benzene rings is 1. The number of ether oxygens (including phenoxy) is 1. The molecule has 2 nitrogen and oxygen atoms in total. The lowest BCUT2D eigenvalue weighted by Crippen LogP contribution is -1.97. The molecule has 0 amide bonds. The number of hydrogen-bond acceptors (Lipinski definition) is 3. The van der Waals surface area contributed by atoms with Crippen molar-refractivity contribution in [2.24, 2.45) is 0 Å². The Balaban J connectivity index is 2.18. The molecule has 1 heterocycles. The van der Waals surface area contributed by atoms with E-state index < -0.39 is 0 Å². The van der Waals surface area contributed by atoms with Gasteiger partial charge in [-0.25, -0.2) is 0 Å². The van der Waals surface area contributed by atoms with Crippen molar-refractivity contribution in [3.8, 4) is 11.8 Å². The maximum Gasteiger partial charge on any atom is 0.140 e. The Labute approximate surface area is 98.7 Å². The summed E-state index contributed by atoms with van der Waals surface area (Å²) in [5.41, 5.74) is 1.59. The first kappa shape index (κ1) is 10.7. The molecule has 0 bridgehead atoms. The normalized spacial score (nSPS) is 9.75. The Morgan fingerprint density at radius 1 is 1.31 bits per heavy atom. The Morgan fingerprint density at radius 3 is 2.88 bits per heavy atom. The van der Waals surface area contributed by atoms with Gasteiger partial charge in [-0.05, 0) is 30.0 Å². The van der Waals surface area contributed by atoms with Crippen LogP contribution < -0.4 is 4.74 Å². The zero-order valence-electron chi connectivity index (χ0n) is 8.93. The average molecular weight is 229 g/mol. The van der Waals surface area contributed by atoms with Crippen LogP contribution in [0.5, 0.6) is 5.75 Å². The van der Waals surface area contributed by atoms with Crippen LogP contribution in [-0.4, -0.2) is 0 Å². The van der Waals surface area contributed by atoms with Crippen molar-refractivity contribution >= 4 is 11.3 Å². The van der Waals surface area contributed by atoms with Crippen LogP contribution in [0.15, 0.2) is 35.7 Å². The van der Waals surface area contributed by atoms with Crippen molar-refractivity contribution < 1.29 is 4.74 Å². The molecule has 0 fully saturated rings. The summed E-state index contributed by atoms with van der Waals surface area (Å²) < 4.78 is 5.69. The Kier molecular flexibility index (Phi) is 3.23. The lowest BCUT2D eigenvalue weighted by atomic mass is 10.1. The van der Waals surface area contributed by atoms with Crippen LogP contribution in [0.25, 0.3) is 0 Å². The summed E-state index contributed by atoms with van der Waals surface area (Å²) in [5.74, 6) is 0.693. The fourth-order valence-electron chi connectivity index (χ4n) is 1.47. The molecule has 0 saturated carbocycles. The van der Waals surface area contributed by atoms with Crippen molar-refractivity contribution in [3.05, 3.63) is 51.7 Å². The molecule has 80 valence electrons. The zero-order valence-corrected chi connectivity index (χ0v) is 9.75. The molecule has 3 heteroatoms. The minimum Gasteiger partial charge on any atom is -0.486 e. The molecule has 2 aromatic rings. The number of nitrogens with zero attached hydrogens (tertiary/aromatic N) is 1. The third kappa shape index (κ3) is 2.23. The quantitative estimate of drug-likeness (QED) is 0.807. The zero-order chi connectivity index (χ0) is 11.4. The first-order valence-corrected chi connectivity index (χ1v) is 5.84. The summed E-state index contributed by atoms with van der Waals surface area (Å²) in [6.45, 7) is 2.47. The van der Waals surface area contributed by atoms with Gasteiger partial charge >= 0.3 is 0 Å². The molecule has 0 unspecified atom stereocenters. The highest BCUT2D eigenvalue weighted by molar-refractivity contribution is 7.09. The van der Waals surface area contributed by atoms with Gasteiger partial charge in [-0.1, -0.05) is 18.2 Å². The number of thiophene rings is 1. The predicted molar refractivity (Wildman–Crippen MR) is 64.5 cm³/mol. The molecule has 1 aromatic carbocycles. The number of rotatable bonds is 3. The van der Waals surface area contributed by atoms with Gasteiger partial charge in [-0.3, -0.25) is 0 Å². The van der Waals surface area contributed by atoms with Crippen LogP contribution in [0.3, 0.4) is 0 Å². The predicted octanol–water partition coefficient (Wildman–Crippen LogP) is 3.51. The van der Waals surface area contributed by atoms with Gasteiger partial charge in [-0.2, -0.15) is 5.26 Å². The second-order valence-electron chi connectivity index (χ2n) is 3.43. The second-order valence-corrected chi connectivity index (χ2v) is 4.46. The molecule has 2 rings (SSSR count). The third-order valence-electron chi connectivity index (χ3n) is 2.27. The fourth-order valence-corrected chi connectivity index (χ4v) is 2.09. The van der Waals surface area contributed by atoms with Crippen LogP contribution in [0, 0.1) is 18.3 Å². The van der Waals surface area contributed by atoms with Crippen LogP contribution in [0.1, 0.15) is 16.0 Å². The van der Waals surface area contributed by atoms with Gasteiger partial charge in [0.2, 0.25) is 0 Å². The SMILES string of the molecule is Cc1cccc(C#N)c1OCc1cccs1. The van der Waals surface area contributed by atoms with Crippen molar-refractivity contribution in [2.45, 2.75) is 13.5 Å². The highest BCUT2D eigenvalue weighted by Crippen LogP contribution is 2.24. The van der Waals surface area contributed by atoms with Crippen molar-refractivity contribution in [1.29, 1.82) is 5.26 Å². The summed E-state index contributed by atoms with van der Waals surface area (Å²) in [4.78, 5) is 1.16. The van der Waals surface area contributed by atoms with Crippen LogP contribution in [-0.2, 0) is 6.61 Å². The molecule has 0 radical (unpaired) electrons. The molecule has 0 atom stereocenters. The van der Waals surface area contributed by atoms with Crippen LogP contribution >= 0.6 is 11.3 Å². The number of hydrogen-bond donors (Lipinski definition) is 0. The second kappa shape index (κ2) is 4.82. The Morgan fingerprint density at radius 2 is 2.19 bits per heavy atom. The van der Waals surface area contributed by atoms with Crippen LogP contribution in [0.4, 0.5) is 0 Å². The summed E-state index contributed by atoms with van der Waals surface area (Å²) >= 11 is 1.65. The number of nitriles is 1. The number of aryl methyl sites for hydroxylation is 1. The van der Waals surface area contributed by atoms with Crippen molar-refractivity contribution in [3.63, 3.8) is 0 Å². The molecule has 0 aliphatic heterocycles. The lowest BCUT2D eigenvalue weighted by molar-refractivity contribution is 0.307. The average Bonchev–Trinajstić information content (AvgIpc) is 2.80. The Hall–Kier alpha value is -1.79. The summed E-state index contributed by atoms with van der Waals surface area (Å²) in [7, 11) is 0. The molecule has 0 aliphatic carbocycles. The summed E-state index contributed by atoms with van der Waals surface area (Å²) in [6, 6.07) is 11.8. The van der Waals surface area contributed by atoms with Gasteiger partial charge in [0.25, 0.3) is 0 Å². The number of para-hydroxylation sites is 1. The summed E-state index contributed by atoms with van der Waals surface area (Å²) in [6.07, 6.45) is 0. The van der Waals surface area contributed by atoms with Crippen molar-refractivity contribution in [2.75, 3.05) is 0 Å². The highest BCUT2D eigenvalue weighted by atomic mass is 32.1. The van der Waals surface area contributed by atoms with E-state index in [1.54, 1.807) is 17.4 Å². The van der Waals surface area contributed by atoms with E-state index in [2.05, 4.69) is 6.07 Å². The van der Waals surface area contributed by atoms with E-state index in [1.165, 1.54) is 0 Å². The van der Waals surface area contributed by atoms with E-state index in [1.807, 2.05) is 36.6 Å². The summed E-state index contributed by atoms with van der Waals surface area (Å²) in [5, 5.41) is 11.0.